The lowest BCUT2D eigenvalue weighted by molar-refractivity contribution is -0.116. The minimum atomic E-state index is -0.359. The SMILES string of the molecule is CCOC(=O)c1ccc(N(Cc2ccc(N(C)C)cc2)C(C)=O)cc1. The monoisotopic (exact) mass is 340 g/mol. The summed E-state index contributed by atoms with van der Waals surface area (Å²) in [6.45, 7) is 4.11. The van der Waals surface area contributed by atoms with Crippen molar-refractivity contribution in [2.45, 2.75) is 20.4 Å². The first-order chi connectivity index (χ1) is 11.9. The summed E-state index contributed by atoms with van der Waals surface area (Å²) in [4.78, 5) is 27.5. The number of benzene rings is 2. The van der Waals surface area contributed by atoms with E-state index in [-0.39, 0.29) is 11.9 Å². The van der Waals surface area contributed by atoms with Gasteiger partial charge in [-0.05, 0) is 48.9 Å². The molecule has 1 amide bonds. The van der Waals surface area contributed by atoms with Gasteiger partial charge in [0.1, 0.15) is 0 Å². The molecule has 0 atom stereocenters. The van der Waals surface area contributed by atoms with Crippen LogP contribution in [0.2, 0.25) is 0 Å². The predicted octanol–water partition coefficient (Wildman–Crippen LogP) is 3.48. The zero-order valence-electron chi connectivity index (χ0n) is 15.2. The number of carbonyl (C=O) groups is 2. The van der Waals surface area contributed by atoms with E-state index in [1.807, 2.05) is 43.3 Å². The fourth-order valence-corrected chi connectivity index (χ4v) is 2.46. The summed E-state index contributed by atoms with van der Waals surface area (Å²) < 4.78 is 4.98. The fourth-order valence-electron chi connectivity index (χ4n) is 2.46. The number of ether oxygens (including phenoxy) is 1. The van der Waals surface area contributed by atoms with Crippen LogP contribution in [-0.4, -0.2) is 32.6 Å². The molecule has 132 valence electrons. The quantitative estimate of drug-likeness (QED) is 0.756. The van der Waals surface area contributed by atoms with E-state index in [1.54, 1.807) is 36.1 Å². The summed E-state index contributed by atoms with van der Waals surface area (Å²) in [5, 5.41) is 0. The van der Waals surface area contributed by atoms with E-state index in [4.69, 9.17) is 4.74 Å². The Morgan fingerprint density at radius 2 is 1.48 bits per heavy atom. The van der Waals surface area contributed by atoms with Crippen molar-refractivity contribution in [1.82, 2.24) is 0 Å². The van der Waals surface area contributed by atoms with Crippen LogP contribution in [-0.2, 0) is 16.1 Å². The van der Waals surface area contributed by atoms with Crippen molar-refractivity contribution in [3.8, 4) is 0 Å². The molecule has 0 fully saturated rings. The van der Waals surface area contributed by atoms with Crippen LogP contribution in [0.5, 0.6) is 0 Å². The second-order valence-corrected chi connectivity index (χ2v) is 5.93. The zero-order valence-corrected chi connectivity index (χ0v) is 15.2. The average molecular weight is 340 g/mol. The van der Waals surface area contributed by atoms with E-state index in [9.17, 15) is 9.59 Å². The number of carbonyl (C=O) groups excluding carboxylic acids is 2. The third kappa shape index (κ3) is 4.83. The van der Waals surface area contributed by atoms with Crippen molar-refractivity contribution < 1.29 is 14.3 Å². The van der Waals surface area contributed by atoms with Gasteiger partial charge >= 0.3 is 5.97 Å². The Hall–Kier alpha value is -2.82. The maximum absolute atomic E-state index is 12.1. The van der Waals surface area contributed by atoms with Crippen molar-refractivity contribution in [1.29, 1.82) is 0 Å². The summed E-state index contributed by atoms with van der Waals surface area (Å²) in [6, 6.07) is 15.0. The molecule has 2 aromatic rings. The number of nitrogens with zero attached hydrogens (tertiary/aromatic N) is 2. The van der Waals surface area contributed by atoms with Gasteiger partial charge < -0.3 is 14.5 Å². The first-order valence-electron chi connectivity index (χ1n) is 8.24. The number of anilines is 2. The highest BCUT2D eigenvalue weighted by atomic mass is 16.5. The van der Waals surface area contributed by atoms with E-state index in [0.29, 0.717) is 18.7 Å². The Morgan fingerprint density at radius 1 is 0.920 bits per heavy atom. The van der Waals surface area contributed by atoms with Crippen LogP contribution >= 0.6 is 0 Å². The Morgan fingerprint density at radius 3 is 1.96 bits per heavy atom. The maximum Gasteiger partial charge on any atom is 0.338 e. The first kappa shape index (κ1) is 18.5. The summed E-state index contributed by atoms with van der Waals surface area (Å²) in [7, 11) is 3.98. The standard InChI is InChI=1S/C20H24N2O3/c1-5-25-20(24)17-8-12-19(13-9-17)22(15(2)23)14-16-6-10-18(11-7-16)21(3)4/h6-13H,5,14H2,1-4H3. The molecule has 0 aliphatic heterocycles. The second kappa shape index (κ2) is 8.33. The number of amides is 1. The average Bonchev–Trinajstić information content (AvgIpc) is 2.60. The molecule has 0 heterocycles. The van der Waals surface area contributed by atoms with Gasteiger partial charge in [-0.15, -0.1) is 0 Å². The van der Waals surface area contributed by atoms with Crippen molar-refractivity contribution in [2.75, 3.05) is 30.5 Å². The van der Waals surface area contributed by atoms with Crippen LogP contribution in [0.25, 0.3) is 0 Å². The normalized spacial score (nSPS) is 10.2. The van der Waals surface area contributed by atoms with E-state index in [0.717, 1.165) is 16.9 Å². The molecule has 5 heteroatoms. The van der Waals surface area contributed by atoms with E-state index < -0.39 is 0 Å². The first-order valence-corrected chi connectivity index (χ1v) is 8.24. The lowest BCUT2D eigenvalue weighted by atomic mass is 10.1. The largest absolute Gasteiger partial charge is 0.462 e. The Bertz CT molecular complexity index is 722. The zero-order chi connectivity index (χ0) is 18.4. The number of esters is 1. The van der Waals surface area contributed by atoms with Gasteiger partial charge in [0.05, 0.1) is 18.7 Å². The molecule has 0 saturated carbocycles. The summed E-state index contributed by atoms with van der Waals surface area (Å²) in [6.07, 6.45) is 0. The molecule has 0 radical (unpaired) electrons. The van der Waals surface area contributed by atoms with Crippen LogP contribution in [0.4, 0.5) is 11.4 Å². The van der Waals surface area contributed by atoms with Gasteiger partial charge in [-0.2, -0.15) is 0 Å². The Labute approximate surface area is 148 Å². The molecular weight excluding hydrogens is 316 g/mol. The number of rotatable bonds is 6. The van der Waals surface area contributed by atoms with Gasteiger partial charge in [0.2, 0.25) is 5.91 Å². The van der Waals surface area contributed by atoms with Crippen molar-refractivity contribution in [2.24, 2.45) is 0 Å². The fraction of sp³-hybridized carbons (Fsp3) is 0.300. The summed E-state index contributed by atoms with van der Waals surface area (Å²) in [5.41, 5.74) is 3.37. The van der Waals surface area contributed by atoms with Crippen LogP contribution in [0, 0.1) is 0 Å². The number of hydrogen-bond acceptors (Lipinski definition) is 4. The van der Waals surface area contributed by atoms with E-state index in [1.165, 1.54) is 6.92 Å². The summed E-state index contributed by atoms with van der Waals surface area (Å²) in [5.74, 6) is -0.414. The lowest BCUT2D eigenvalue weighted by Gasteiger charge is -2.22. The van der Waals surface area contributed by atoms with Crippen LogP contribution in [0.15, 0.2) is 48.5 Å². The smallest absolute Gasteiger partial charge is 0.338 e. The number of hydrogen-bond donors (Lipinski definition) is 0. The van der Waals surface area contributed by atoms with Crippen molar-refractivity contribution in [3.05, 3.63) is 59.7 Å². The van der Waals surface area contributed by atoms with Crippen molar-refractivity contribution >= 4 is 23.3 Å². The topological polar surface area (TPSA) is 49.9 Å². The van der Waals surface area contributed by atoms with Gasteiger partial charge in [-0.1, -0.05) is 12.1 Å². The molecule has 0 aliphatic carbocycles. The highest BCUT2D eigenvalue weighted by molar-refractivity contribution is 5.93. The van der Waals surface area contributed by atoms with E-state index in [2.05, 4.69) is 0 Å². The minimum Gasteiger partial charge on any atom is -0.462 e. The molecule has 0 bridgehead atoms. The third-order valence-electron chi connectivity index (χ3n) is 3.86. The molecule has 0 aromatic heterocycles. The highest BCUT2D eigenvalue weighted by Gasteiger charge is 2.14. The van der Waals surface area contributed by atoms with Gasteiger partial charge in [-0.25, -0.2) is 4.79 Å². The Balaban J connectivity index is 2.17. The second-order valence-electron chi connectivity index (χ2n) is 5.93. The molecule has 0 spiro atoms. The molecular formula is C20H24N2O3. The van der Waals surface area contributed by atoms with Crippen LogP contribution in [0.1, 0.15) is 29.8 Å². The highest BCUT2D eigenvalue weighted by Crippen LogP contribution is 2.20. The maximum atomic E-state index is 12.1. The third-order valence-corrected chi connectivity index (χ3v) is 3.86. The van der Waals surface area contributed by atoms with Gasteiger partial charge in [0.15, 0.2) is 0 Å². The van der Waals surface area contributed by atoms with Gasteiger partial charge in [0, 0.05) is 32.4 Å². The minimum absolute atomic E-state index is 0.0550. The summed E-state index contributed by atoms with van der Waals surface area (Å²) >= 11 is 0. The van der Waals surface area contributed by atoms with Gasteiger partial charge in [-0.3, -0.25) is 4.79 Å². The molecule has 2 rings (SSSR count). The molecule has 25 heavy (non-hydrogen) atoms. The molecule has 0 unspecified atom stereocenters. The molecule has 2 aromatic carbocycles. The van der Waals surface area contributed by atoms with Crippen LogP contribution < -0.4 is 9.80 Å². The molecule has 0 saturated heterocycles. The lowest BCUT2D eigenvalue weighted by Crippen LogP contribution is -2.27. The molecule has 0 N–H and O–H groups in total. The van der Waals surface area contributed by atoms with Crippen LogP contribution in [0.3, 0.4) is 0 Å². The molecule has 5 nitrogen and oxygen atoms in total. The Kier molecular flexibility index (Phi) is 6.17. The van der Waals surface area contributed by atoms with E-state index >= 15 is 0 Å². The van der Waals surface area contributed by atoms with Crippen molar-refractivity contribution in [3.63, 3.8) is 0 Å². The molecule has 0 aliphatic rings. The predicted molar refractivity (Wildman–Crippen MR) is 100 cm³/mol. The van der Waals surface area contributed by atoms with Gasteiger partial charge in [0.25, 0.3) is 0 Å².